The first kappa shape index (κ1) is 14.6. The second-order valence-corrected chi connectivity index (χ2v) is 5.68. The van der Waals surface area contributed by atoms with Gasteiger partial charge in [0.2, 0.25) is 5.91 Å². The fourth-order valence-corrected chi connectivity index (χ4v) is 3.19. The van der Waals surface area contributed by atoms with Crippen LogP contribution in [-0.2, 0) is 4.79 Å². The number of nitrogens with one attached hydrogen (secondary N) is 1. The molecule has 0 aromatic carbocycles. The summed E-state index contributed by atoms with van der Waals surface area (Å²) >= 11 is 0. The highest BCUT2D eigenvalue weighted by Crippen LogP contribution is 2.42. The van der Waals surface area contributed by atoms with Gasteiger partial charge in [0.1, 0.15) is 0 Å². The van der Waals surface area contributed by atoms with Crippen LogP contribution in [0.2, 0.25) is 0 Å². The van der Waals surface area contributed by atoms with E-state index in [1.54, 1.807) is 4.90 Å². The molecule has 6 heteroatoms. The van der Waals surface area contributed by atoms with Gasteiger partial charge in [0.15, 0.2) is 0 Å². The molecule has 1 heterocycles. The molecule has 1 N–H and O–H groups in total. The molecule has 1 aliphatic heterocycles. The van der Waals surface area contributed by atoms with E-state index in [2.05, 4.69) is 5.32 Å². The summed E-state index contributed by atoms with van der Waals surface area (Å²) in [5.41, 5.74) is 0. The van der Waals surface area contributed by atoms with Crippen LogP contribution in [0.25, 0.3) is 0 Å². The zero-order chi connectivity index (χ0) is 14.0. The Labute approximate surface area is 111 Å². The molecule has 1 amide bonds. The fourth-order valence-electron chi connectivity index (χ4n) is 3.19. The van der Waals surface area contributed by atoms with Crippen LogP contribution in [0.4, 0.5) is 13.2 Å². The monoisotopic (exact) mass is 278 g/mol. The molecule has 0 bridgehead atoms. The molecule has 110 valence electrons. The van der Waals surface area contributed by atoms with Crippen molar-refractivity contribution in [2.45, 2.75) is 44.8 Å². The van der Waals surface area contributed by atoms with E-state index < -0.39 is 18.0 Å². The number of hydrogen-bond acceptors (Lipinski definition) is 2. The molecule has 2 fully saturated rings. The van der Waals surface area contributed by atoms with E-state index in [1.165, 1.54) is 0 Å². The molecule has 3 nitrogen and oxygen atoms in total. The van der Waals surface area contributed by atoms with Crippen LogP contribution in [0.15, 0.2) is 0 Å². The fraction of sp³-hybridized carbons (Fsp3) is 0.923. The molecule has 1 saturated carbocycles. The van der Waals surface area contributed by atoms with Crippen molar-refractivity contribution in [3.05, 3.63) is 0 Å². The number of halogens is 3. The van der Waals surface area contributed by atoms with Crippen molar-refractivity contribution in [2.75, 3.05) is 19.6 Å². The highest BCUT2D eigenvalue weighted by molar-refractivity contribution is 5.79. The quantitative estimate of drug-likeness (QED) is 0.797. The third-order valence-electron chi connectivity index (χ3n) is 4.18. The lowest BCUT2D eigenvalue weighted by molar-refractivity contribution is -0.201. The van der Waals surface area contributed by atoms with E-state index in [0.29, 0.717) is 32.5 Å². The minimum Gasteiger partial charge on any atom is -0.340 e. The van der Waals surface area contributed by atoms with Gasteiger partial charge in [-0.15, -0.1) is 0 Å². The zero-order valence-electron chi connectivity index (χ0n) is 11.2. The van der Waals surface area contributed by atoms with Crippen molar-refractivity contribution in [3.8, 4) is 0 Å². The minimum absolute atomic E-state index is 0.0988. The lowest BCUT2D eigenvalue weighted by atomic mass is 9.78. The summed E-state index contributed by atoms with van der Waals surface area (Å²) < 4.78 is 39.0. The third kappa shape index (κ3) is 3.41. The molecule has 0 aromatic rings. The second kappa shape index (κ2) is 5.69. The van der Waals surface area contributed by atoms with Crippen LogP contribution >= 0.6 is 0 Å². The summed E-state index contributed by atoms with van der Waals surface area (Å²) in [7, 11) is 0. The predicted molar refractivity (Wildman–Crippen MR) is 65.5 cm³/mol. The number of hydrogen-bond donors (Lipinski definition) is 1. The lowest BCUT2D eigenvalue weighted by Gasteiger charge is -2.38. The number of carbonyl (C=O) groups is 1. The average molecular weight is 278 g/mol. The molecule has 0 aromatic heterocycles. The summed E-state index contributed by atoms with van der Waals surface area (Å²) in [5.74, 6) is -2.60. The van der Waals surface area contributed by atoms with Crippen LogP contribution in [0, 0.1) is 11.8 Å². The molecule has 1 saturated heterocycles. The largest absolute Gasteiger partial charge is 0.392 e. The standard InChI is InChI=1S/C13H21F3N2O/c1-9-8-18(7-6-17-9)12(19)10-4-2-3-5-11(10)13(14,15)16/h9-11,17H,2-8H2,1H3. The summed E-state index contributed by atoms with van der Waals surface area (Å²) in [6, 6.07) is 0.158. The summed E-state index contributed by atoms with van der Waals surface area (Å²) in [4.78, 5) is 14.0. The van der Waals surface area contributed by atoms with Gasteiger partial charge in [0.25, 0.3) is 0 Å². The number of piperazine rings is 1. The van der Waals surface area contributed by atoms with Crippen LogP contribution < -0.4 is 5.32 Å². The smallest absolute Gasteiger partial charge is 0.340 e. The Morgan fingerprint density at radius 3 is 2.58 bits per heavy atom. The van der Waals surface area contributed by atoms with Crippen molar-refractivity contribution in [3.63, 3.8) is 0 Å². The van der Waals surface area contributed by atoms with Crippen molar-refractivity contribution in [1.82, 2.24) is 10.2 Å². The minimum atomic E-state index is -4.25. The Kier molecular flexibility index (Phi) is 4.38. The summed E-state index contributed by atoms with van der Waals surface area (Å²) in [5, 5.41) is 3.20. The zero-order valence-corrected chi connectivity index (χ0v) is 11.2. The number of rotatable bonds is 1. The normalized spacial score (nSPS) is 33.3. The Balaban J connectivity index is 2.07. The molecule has 2 aliphatic rings. The van der Waals surface area contributed by atoms with Crippen LogP contribution in [-0.4, -0.2) is 42.7 Å². The van der Waals surface area contributed by atoms with E-state index >= 15 is 0 Å². The van der Waals surface area contributed by atoms with Gasteiger partial charge in [-0.3, -0.25) is 4.79 Å². The molecule has 19 heavy (non-hydrogen) atoms. The first-order chi connectivity index (χ1) is 8.89. The third-order valence-corrected chi connectivity index (χ3v) is 4.18. The summed E-state index contributed by atoms with van der Waals surface area (Å²) in [6.07, 6.45) is -2.47. The van der Waals surface area contributed by atoms with E-state index in [0.717, 1.165) is 6.42 Å². The molecule has 3 atom stereocenters. The molecular weight excluding hydrogens is 257 g/mol. The van der Waals surface area contributed by atoms with Gasteiger partial charge in [-0.05, 0) is 19.8 Å². The highest BCUT2D eigenvalue weighted by Gasteiger charge is 2.49. The number of nitrogens with zero attached hydrogens (tertiary/aromatic N) is 1. The Bertz CT molecular complexity index is 332. The van der Waals surface area contributed by atoms with Gasteiger partial charge in [-0.2, -0.15) is 13.2 Å². The van der Waals surface area contributed by atoms with Crippen molar-refractivity contribution < 1.29 is 18.0 Å². The molecule has 3 unspecified atom stereocenters. The Hall–Kier alpha value is -0.780. The maximum Gasteiger partial charge on any atom is 0.392 e. The molecule has 0 radical (unpaired) electrons. The van der Waals surface area contributed by atoms with E-state index in [1.807, 2.05) is 6.92 Å². The van der Waals surface area contributed by atoms with Gasteiger partial charge >= 0.3 is 6.18 Å². The van der Waals surface area contributed by atoms with Crippen LogP contribution in [0.5, 0.6) is 0 Å². The summed E-state index contributed by atoms with van der Waals surface area (Å²) in [6.45, 7) is 3.64. The van der Waals surface area contributed by atoms with Crippen LogP contribution in [0.1, 0.15) is 32.6 Å². The van der Waals surface area contributed by atoms with Crippen LogP contribution in [0.3, 0.4) is 0 Å². The Morgan fingerprint density at radius 2 is 1.95 bits per heavy atom. The Morgan fingerprint density at radius 1 is 1.26 bits per heavy atom. The van der Waals surface area contributed by atoms with Gasteiger partial charge in [-0.1, -0.05) is 12.8 Å². The topological polar surface area (TPSA) is 32.3 Å². The highest BCUT2D eigenvalue weighted by atomic mass is 19.4. The maximum absolute atomic E-state index is 13.0. The second-order valence-electron chi connectivity index (χ2n) is 5.68. The van der Waals surface area contributed by atoms with Gasteiger partial charge in [0, 0.05) is 31.6 Å². The van der Waals surface area contributed by atoms with E-state index in [4.69, 9.17) is 0 Å². The van der Waals surface area contributed by atoms with Crippen molar-refractivity contribution >= 4 is 5.91 Å². The molecule has 1 aliphatic carbocycles. The van der Waals surface area contributed by atoms with Crippen molar-refractivity contribution in [1.29, 1.82) is 0 Å². The SMILES string of the molecule is CC1CN(C(=O)C2CCCCC2C(F)(F)F)CCN1. The number of alkyl halides is 3. The molecular formula is C13H21F3N2O. The lowest BCUT2D eigenvalue weighted by Crippen LogP contribution is -2.54. The average Bonchev–Trinajstić information content (AvgIpc) is 2.37. The number of amides is 1. The molecule has 0 spiro atoms. The molecule has 2 rings (SSSR count). The van der Waals surface area contributed by atoms with Gasteiger partial charge in [0.05, 0.1) is 5.92 Å². The first-order valence-corrected chi connectivity index (χ1v) is 6.98. The maximum atomic E-state index is 13.0. The van der Waals surface area contributed by atoms with Gasteiger partial charge in [-0.25, -0.2) is 0 Å². The number of carbonyl (C=O) groups excluding carboxylic acids is 1. The van der Waals surface area contributed by atoms with Gasteiger partial charge < -0.3 is 10.2 Å². The van der Waals surface area contributed by atoms with Crippen molar-refractivity contribution in [2.24, 2.45) is 11.8 Å². The van der Waals surface area contributed by atoms with E-state index in [9.17, 15) is 18.0 Å². The predicted octanol–water partition coefficient (Wildman–Crippen LogP) is 2.18. The van der Waals surface area contributed by atoms with E-state index in [-0.39, 0.29) is 18.4 Å². The first-order valence-electron chi connectivity index (χ1n) is 6.98.